The third-order valence-electron chi connectivity index (χ3n) is 2.16. The van der Waals surface area contributed by atoms with Gasteiger partial charge in [0.25, 0.3) is 0 Å². The van der Waals surface area contributed by atoms with Crippen molar-refractivity contribution in [2.45, 2.75) is 6.61 Å². The highest BCUT2D eigenvalue weighted by Gasteiger charge is 2.09. The summed E-state index contributed by atoms with van der Waals surface area (Å²) in [6.07, 6.45) is 0.853. The lowest BCUT2D eigenvalue weighted by molar-refractivity contribution is 0.0970. The number of alkyl carbamates (subject to hydrolysis) is 1. The molecule has 6 heteroatoms. The van der Waals surface area contributed by atoms with Crippen molar-refractivity contribution in [1.82, 2.24) is 5.32 Å². The fourth-order valence-corrected chi connectivity index (χ4v) is 1.92. The minimum Gasteiger partial charge on any atom is -0.466 e. The zero-order valence-electron chi connectivity index (χ0n) is 9.42. The van der Waals surface area contributed by atoms with E-state index in [-0.39, 0.29) is 18.9 Å². The molecule has 0 aliphatic carbocycles. The molecule has 0 atom stereocenters. The summed E-state index contributed by atoms with van der Waals surface area (Å²) in [7, 11) is 0. The Balaban J connectivity index is 1.70. The molecular weight excluding hydrogens is 254 g/mol. The topological polar surface area (TPSA) is 68.5 Å². The van der Waals surface area contributed by atoms with Crippen LogP contribution >= 0.6 is 11.3 Å². The highest BCUT2D eigenvalue weighted by molar-refractivity contribution is 7.08. The van der Waals surface area contributed by atoms with Crippen LogP contribution in [-0.4, -0.2) is 18.4 Å². The van der Waals surface area contributed by atoms with Crippen LogP contribution in [0.3, 0.4) is 0 Å². The lowest BCUT2D eigenvalue weighted by atomic mass is 10.2. The molecule has 18 heavy (non-hydrogen) atoms. The van der Waals surface area contributed by atoms with Crippen molar-refractivity contribution < 1.29 is 18.7 Å². The van der Waals surface area contributed by atoms with E-state index in [1.54, 1.807) is 23.6 Å². The second-order valence-electron chi connectivity index (χ2n) is 3.44. The van der Waals surface area contributed by atoms with E-state index in [0.29, 0.717) is 11.3 Å². The lowest BCUT2D eigenvalue weighted by Crippen LogP contribution is -2.29. The van der Waals surface area contributed by atoms with Crippen LogP contribution in [0, 0.1) is 0 Å². The number of carbonyl (C=O) groups is 2. The van der Waals surface area contributed by atoms with Crippen molar-refractivity contribution in [3.63, 3.8) is 0 Å². The average Bonchev–Trinajstić information content (AvgIpc) is 3.05. The fraction of sp³-hybridized carbons (Fsp3) is 0.167. The number of hydrogen-bond donors (Lipinski definition) is 1. The molecule has 0 saturated carbocycles. The summed E-state index contributed by atoms with van der Waals surface area (Å²) < 4.78 is 9.86. The number of carbonyl (C=O) groups excluding carboxylic acids is 2. The van der Waals surface area contributed by atoms with Crippen molar-refractivity contribution in [3.8, 4) is 0 Å². The van der Waals surface area contributed by atoms with Gasteiger partial charge in [0.1, 0.15) is 5.76 Å². The van der Waals surface area contributed by atoms with Crippen LogP contribution in [0.1, 0.15) is 16.1 Å². The summed E-state index contributed by atoms with van der Waals surface area (Å²) in [4.78, 5) is 22.8. The monoisotopic (exact) mass is 265 g/mol. The molecule has 1 amide bonds. The van der Waals surface area contributed by atoms with E-state index >= 15 is 0 Å². The van der Waals surface area contributed by atoms with Crippen LogP contribution in [0.15, 0.2) is 39.6 Å². The quantitative estimate of drug-likeness (QED) is 0.843. The number of furan rings is 1. The first-order chi connectivity index (χ1) is 8.75. The molecule has 2 heterocycles. The summed E-state index contributed by atoms with van der Waals surface area (Å²) in [5.41, 5.74) is 0.589. The van der Waals surface area contributed by atoms with E-state index in [2.05, 4.69) is 5.32 Å². The van der Waals surface area contributed by atoms with Gasteiger partial charge in [-0.2, -0.15) is 11.3 Å². The number of ether oxygens (including phenoxy) is 1. The second kappa shape index (κ2) is 6.02. The molecule has 0 bridgehead atoms. The zero-order valence-corrected chi connectivity index (χ0v) is 10.2. The highest BCUT2D eigenvalue weighted by atomic mass is 32.1. The standard InChI is InChI=1S/C12H11NO4S/c14-11(9-3-5-18-8-9)6-13-12(15)17-7-10-2-1-4-16-10/h1-5,8H,6-7H2,(H,13,15). The van der Waals surface area contributed by atoms with Gasteiger partial charge in [-0.15, -0.1) is 0 Å². The number of amides is 1. The molecule has 0 radical (unpaired) electrons. The summed E-state index contributed by atoms with van der Waals surface area (Å²) in [6.45, 7) is -0.0286. The maximum atomic E-state index is 11.6. The Hall–Kier alpha value is -2.08. The van der Waals surface area contributed by atoms with Crippen LogP contribution in [-0.2, 0) is 11.3 Å². The Morgan fingerprint density at radius 1 is 1.39 bits per heavy atom. The Bertz CT molecular complexity index is 504. The molecule has 5 nitrogen and oxygen atoms in total. The summed E-state index contributed by atoms with van der Waals surface area (Å²) in [5, 5.41) is 5.93. The predicted molar refractivity (Wildman–Crippen MR) is 65.5 cm³/mol. The van der Waals surface area contributed by atoms with E-state index in [0.717, 1.165) is 0 Å². The molecule has 2 rings (SSSR count). The SMILES string of the molecule is O=C(NCC(=O)c1ccsc1)OCc1ccco1. The molecule has 2 aromatic rings. The fourth-order valence-electron chi connectivity index (χ4n) is 1.26. The number of thiophene rings is 1. The van der Waals surface area contributed by atoms with Gasteiger partial charge in [0.2, 0.25) is 0 Å². The molecule has 0 fully saturated rings. The molecule has 1 N–H and O–H groups in total. The molecule has 0 spiro atoms. The van der Waals surface area contributed by atoms with E-state index in [1.165, 1.54) is 17.6 Å². The predicted octanol–water partition coefficient (Wildman–Crippen LogP) is 2.45. The lowest BCUT2D eigenvalue weighted by Gasteiger charge is -2.04. The van der Waals surface area contributed by atoms with E-state index < -0.39 is 6.09 Å². The van der Waals surface area contributed by atoms with Crippen LogP contribution in [0.5, 0.6) is 0 Å². The van der Waals surface area contributed by atoms with Crippen molar-refractivity contribution in [2.24, 2.45) is 0 Å². The zero-order chi connectivity index (χ0) is 12.8. The van der Waals surface area contributed by atoms with Gasteiger partial charge in [-0.05, 0) is 23.6 Å². The van der Waals surface area contributed by atoms with E-state index in [9.17, 15) is 9.59 Å². The van der Waals surface area contributed by atoms with Crippen LogP contribution in [0.2, 0.25) is 0 Å². The first kappa shape index (κ1) is 12.4. The molecule has 2 aromatic heterocycles. The Morgan fingerprint density at radius 2 is 2.28 bits per heavy atom. The van der Waals surface area contributed by atoms with Gasteiger partial charge in [0.05, 0.1) is 12.8 Å². The molecule has 0 unspecified atom stereocenters. The summed E-state index contributed by atoms with van der Waals surface area (Å²) in [6, 6.07) is 5.11. The maximum Gasteiger partial charge on any atom is 0.407 e. The number of ketones is 1. The summed E-state index contributed by atoms with van der Waals surface area (Å²) in [5.74, 6) is 0.403. The van der Waals surface area contributed by atoms with Gasteiger partial charge in [-0.1, -0.05) is 0 Å². The van der Waals surface area contributed by atoms with Gasteiger partial charge >= 0.3 is 6.09 Å². The van der Waals surface area contributed by atoms with Gasteiger partial charge in [0, 0.05) is 10.9 Å². The Morgan fingerprint density at radius 3 is 2.94 bits per heavy atom. The molecule has 0 aromatic carbocycles. The Kier molecular flexibility index (Phi) is 4.14. The number of rotatable bonds is 5. The van der Waals surface area contributed by atoms with E-state index in [4.69, 9.17) is 9.15 Å². The minimum atomic E-state index is -0.644. The molecule has 94 valence electrons. The van der Waals surface area contributed by atoms with Crippen molar-refractivity contribution in [1.29, 1.82) is 0 Å². The third kappa shape index (κ3) is 3.46. The first-order valence-electron chi connectivity index (χ1n) is 5.24. The number of Topliss-reactive ketones (excluding diaryl/α,β-unsaturated/α-hetero) is 1. The van der Waals surface area contributed by atoms with Gasteiger partial charge in [-0.25, -0.2) is 4.79 Å². The third-order valence-corrected chi connectivity index (χ3v) is 2.85. The van der Waals surface area contributed by atoms with Crippen molar-refractivity contribution in [3.05, 3.63) is 46.5 Å². The van der Waals surface area contributed by atoms with Gasteiger partial charge < -0.3 is 14.5 Å². The Labute approximate surface area is 107 Å². The number of hydrogen-bond acceptors (Lipinski definition) is 5. The van der Waals surface area contributed by atoms with Crippen LogP contribution < -0.4 is 5.32 Å². The van der Waals surface area contributed by atoms with E-state index in [1.807, 2.05) is 5.38 Å². The minimum absolute atomic E-state index is 0.0471. The van der Waals surface area contributed by atoms with Gasteiger partial charge in [0.15, 0.2) is 12.4 Å². The van der Waals surface area contributed by atoms with Gasteiger partial charge in [-0.3, -0.25) is 4.79 Å². The largest absolute Gasteiger partial charge is 0.466 e. The number of nitrogens with one attached hydrogen (secondary N) is 1. The molecule has 0 aliphatic heterocycles. The summed E-state index contributed by atoms with van der Waals surface area (Å²) >= 11 is 1.43. The maximum absolute atomic E-state index is 11.6. The van der Waals surface area contributed by atoms with Crippen molar-refractivity contribution >= 4 is 23.2 Å². The second-order valence-corrected chi connectivity index (χ2v) is 4.22. The average molecular weight is 265 g/mol. The van der Waals surface area contributed by atoms with Crippen LogP contribution in [0.25, 0.3) is 0 Å². The van der Waals surface area contributed by atoms with Crippen molar-refractivity contribution in [2.75, 3.05) is 6.54 Å². The first-order valence-corrected chi connectivity index (χ1v) is 6.18. The normalized spacial score (nSPS) is 10.0. The molecular formula is C12H11NO4S. The highest BCUT2D eigenvalue weighted by Crippen LogP contribution is 2.06. The molecule has 0 saturated heterocycles. The smallest absolute Gasteiger partial charge is 0.407 e. The van der Waals surface area contributed by atoms with Crippen LogP contribution in [0.4, 0.5) is 4.79 Å². The molecule has 0 aliphatic rings.